The summed E-state index contributed by atoms with van der Waals surface area (Å²) < 4.78 is -0.411. The van der Waals surface area contributed by atoms with Crippen LogP contribution >= 0.6 is 17.0 Å². The Labute approximate surface area is 213 Å². The Bertz CT molecular complexity index is 1440. The monoisotopic (exact) mass is 556 g/mol. The van der Waals surface area contributed by atoms with Gasteiger partial charge in [-0.2, -0.15) is 0 Å². The van der Waals surface area contributed by atoms with Crippen molar-refractivity contribution in [3.05, 3.63) is 143 Å². The average Bonchev–Trinajstić information content (AvgIpc) is 3.43. The zero-order valence-electron chi connectivity index (χ0n) is 18.9. The Morgan fingerprint density at radius 2 is 1.18 bits per heavy atom. The molecule has 0 aromatic heterocycles. The van der Waals surface area contributed by atoms with E-state index in [2.05, 4.69) is 128 Å². The van der Waals surface area contributed by atoms with Crippen molar-refractivity contribution in [3.8, 4) is 0 Å². The standard InChI is InChI=1S/C16H13.C15H11.2ClH.Zr/c1-12-15-10-6-5-9-14(15)11-16(12)13-7-3-2-4-8-13;1-2-6-12(7-3-1)15-10-13-8-4-5-9-14(13)11-15;;;/h2-11H,1H3;1-11H;2*1H;/q;;;;+2/p-2. The van der Waals surface area contributed by atoms with Crippen LogP contribution in [-0.2, 0) is 21.0 Å². The second kappa shape index (κ2) is 8.49. The maximum absolute atomic E-state index is 7.93. The summed E-state index contributed by atoms with van der Waals surface area (Å²) in [5.41, 5.74) is 9.86. The average molecular weight is 559 g/mol. The molecule has 0 amide bonds. The van der Waals surface area contributed by atoms with Crippen LogP contribution in [0.3, 0.4) is 0 Å². The van der Waals surface area contributed by atoms with Crippen LogP contribution in [0.4, 0.5) is 0 Å². The van der Waals surface area contributed by atoms with E-state index in [0.717, 1.165) is 0 Å². The number of allylic oxidation sites excluding steroid dienone is 2. The van der Waals surface area contributed by atoms with Gasteiger partial charge in [0.25, 0.3) is 0 Å². The molecule has 166 valence electrons. The molecule has 0 saturated carbocycles. The summed E-state index contributed by atoms with van der Waals surface area (Å²) in [7, 11) is 15.9. The predicted molar refractivity (Wildman–Crippen MR) is 143 cm³/mol. The van der Waals surface area contributed by atoms with Crippen LogP contribution < -0.4 is 0 Å². The van der Waals surface area contributed by atoms with E-state index < -0.39 is 21.0 Å². The van der Waals surface area contributed by atoms with Crippen molar-refractivity contribution in [3.63, 3.8) is 0 Å². The van der Waals surface area contributed by atoms with Crippen molar-refractivity contribution in [2.45, 2.75) is 13.7 Å². The number of benzene rings is 4. The molecule has 0 nitrogen and oxygen atoms in total. The van der Waals surface area contributed by atoms with Gasteiger partial charge in [-0.1, -0.05) is 0 Å². The van der Waals surface area contributed by atoms with E-state index in [9.17, 15) is 0 Å². The molecule has 34 heavy (non-hydrogen) atoms. The van der Waals surface area contributed by atoms with Crippen molar-refractivity contribution >= 4 is 40.3 Å². The van der Waals surface area contributed by atoms with E-state index in [0.29, 0.717) is 0 Å². The normalized spacial score (nSPS) is 21.0. The van der Waals surface area contributed by atoms with Gasteiger partial charge in [-0.25, -0.2) is 0 Å². The fourth-order valence-electron chi connectivity index (χ4n) is 5.76. The Balaban J connectivity index is 1.59. The second-order valence-electron chi connectivity index (χ2n) is 9.29. The van der Waals surface area contributed by atoms with Crippen molar-refractivity contribution in [1.82, 2.24) is 0 Å². The van der Waals surface area contributed by atoms with E-state index in [1.165, 1.54) is 44.5 Å². The van der Waals surface area contributed by atoms with Gasteiger partial charge in [-0.15, -0.1) is 0 Å². The molecule has 0 heterocycles. The third-order valence-electron chi connectivity index (χ3n) is 7.49. The molecule has 2 atom stereocenters. The summed E-state index contributed by atoms with van der Waals surface area (Å²) in [4.78, 5) is 0. The fraction of sp³-hybridized carbons (Fsp3) is 0.0968. The second-order valence-corrected chi connectivity index (χ2v) is 24.4. The molecular weight excluding hydrogens is 534 g/mol. The van der Waals surface area contributed by atoms with Gasteiger partial charge in [0, 0.05) is 0 Å². The van der Waals surface area contributed by atoms with Crippen molar-refractivity contribution in [2.24, 2.45) is 0 Å². The molecule has 6 rings (SSSR count). The summed E-state index contributed by atoms with van der Waals surface area (Å²) in [5, 5.41) is 0. The molecule has 0 saturated heterocycles. The maximum atomic E-state index is 7.93. The van der Waals surface area contributed by atoms with E-state index >= 15 is 0 Å². The molecule has 0 spiro atoms. The molecule has 0 N–H and O–H groups in total. The van der Waals surface area contributed by atoms with Crippen LogP contribution in [0.25, 0.3) is 23.3 Å². The minimum absolute atomic E-state index is 0.0134. The molecule has 0 fully saturated rings. The number of rotatable bonds is 4. The Morgan fingerprint density at radius 3 is 1.88 bits per heavy atom. The van der Waals surface area contributed by atoms with Gasteiger partial charge in [-0.3, -0.25) is 0 Å². The van der Waals surface area contributed by atoms with Gasteiger partial charge in [0.15, 0.2) is 0 Å². The van der Waals surface area contributed by atoms with Crippen LogP contribution in [0.2, 0.25) is 0 Å². The SMILES string of the molecule is C[C]1([Zr]([Cl])([Cl])[CH]2C(c3ccccc3)=Cc3ccccc32)C(c2ccccc2)=Cc2ccccc21. The fourth-order valence-corrected chi connectivity index (χ4v) is 18.4. The third-order valence-corrected chi connectivity index (χ3v) is 22.5. The van der Waals surface area contributed by atoms with Crippen molar-refractivity contribution < 1.29 is 17.9 Å². The van der Waals surface area contributed by atoms with E-state index in [4.69, 9.17) is 17.0 Å². The van der Waals surface area contributed by atoms with Crippen molar-refractivity contribution in [2.75, 3.05) is 0 Å². The topological polar surface area (TPSA) is 0 Å². The summed E-state index contributed by atoms with van der Waals surface area (Å²) >= 11 is -4.17. The first-order chi connectivity index (χ1) is 16.5. The first kappa shape index (κ1) is 22.3. The van der Waals surface area contributed by atoms with Gasteiger partial charge < -0.3 is 0 Å². The molecular formula is C31H24Cl2Zr. The first-order valence-corrected chi connectivity index (χ1v) is 20.6. The van der Waals surface area contributed by atoms with E-state index in [1.54, 1.807) is 0 Å². The van der Waals surface area contributed by atoms with Gasteiger partial charge in [0.1, 0.15) is 0 Å². The molecule has 0 aliphatic heterocycles. The quantitative estimate of drug-likeness (QED) is 0.234. The zero-order valence-corrected chi connectivity index (χ0v) is 22.9. The van der Waals surface area contributed by atoms with Crippen molar-refractivity contribution in [1.29, 1.82) is 0 Å². The Morgan fingerprint density at radius 1 is 0.618 bits per heavy atom. The van der Waals surface area contributed by atoms with Gasteiger partial charge in [0.05, 0.1) is 0 Å². The molecule has 4 aromatic rings. The molecule has 0 bridgehead atoms. The molecule has 2 aliphatic carbocycles. The number of halogens is 2. The third kappa shape index (κ3) is 3.29. The molecule has 2 unspecified atom stereocenters. The minimum atomic E-state index is -4.17. The van der Waals surface area contributed by atoms with Crippen LogP contribution in [-0.4, -0.2) is 0 Å². The Hall–Kier alpha value is -2.18. The number of hydrogen-bond donors (Lipinski definition) is 0. The van der Waals surface area contributed by atoms with Gasteiger partial charge >= 0.3 is 214 Å². The predicted octanol–water partition coefficient (Wildman–Crippen LogP) is 9.21. The Kier molecular flexibility index (Phi) is 5.57. The summed E-state index contributed by atoms with van der Waals surface area (Å²) in [6, 6.07) is 38.5. The number of hydrogen-bond acceptors (Lipinski definition) is 0. The number of fused-ring (bicyclic) bond motifs is 2. The first-order valence-electron chi connectivity index (χ1n) is 11.6. The van der Waals surface area contributed by atoms with Crippen LogP contribution in [0.5, 0.6) is 0 Å². The van der Waals surface area contributed by atoms with Crippen LogP contribution in [0, 0.1) is 0 Å². The van der Waals surface area contributed by atoms with Crippen LogP contribution in [0.15, 0.2) is 109 Å². The summed E-state index contributed by atoms with van der Waals surface area (Å²) in [5.74, 6) is 0. The summed E-state index contributed by atoms with van der Waals surface area (Å²) in [6.07, 6.45) is 4.62. The van der Waals surface area contributed by atoms with Crippen LogP contribution in [0.1, 0.15) is 43.9 Å². The van der Waals surface area contributed by atoms with E-state index in [1.807, 2.05) is 0 Å². The molecule has 0 radical (unpaired) electrons. The van der Waals surface area contributed by atoms with E-state index in [-0.39, 0.29) is 3.63 Å². The molecule has 2 aliphatic rings. The zero-order chi connectivity index (χ0) is 23.3. The van der Waals surface area contributed by atoms with Gasteiger partial charge in [0.2, 0.25) is 0 Å². The molecule has 4 aromatic carbocycles. The molecule has 3 heteroatoms. The van der Waals surface area contributed by atoms with Gasteiger partial charge in [-0.05, 0) is 0 Å². The summed E-state index contributed by atoms with van der Waals surface area (Å²) in [6.45, 7) is 2.30.